The topological polar surface area (TPSA) is 40.9 Å². The van der Waals surface area contributed by atoms with Crippen molar-refractivity contribution in [3.63, 3.8) is 0 Å². The van der Waals surface area contributed by atoms with Crippen molar-refractivity contribution in [1.82, 2.24) is 0 Å². The fourth-order valence-corrected chi connectivity index (χ4v) is 1.23. The van der Waals surface area contributed by atoms with E-state index in [2.05, 4.69) is 0 Å². The smallest absolute Gasteiger partial charge is 0.128 e. The van der Waals surface area contributed by atoms with E-state index in [0.717, 1.165) is 6.07 Å². The highest BCUT2D eigenvalue weighted by Crippen LogP contribution is 2.23. The van der Waals surface area contributed by atoms with Crippen LogP contribution in [0.2, 0.25) is 5.02 Å². The van der Waals surface area contributed by atoms with Gasteiger partial charge in [0, 0.05) is 12.0 Å². The van der Waals surface area contributed by atoms with E-state index in [9.17, 15) is 9.18 Å². The summed E-state index contributed by atoms with van der Waals surface area (Å²) in [4.78, 5) is 10.2. The van der Waals surface area contributed by atoms with E-state index < -0.39 is 5.82 Å². The number of benzene rings is 1. The van der Waals surface area contributed by atoms with Crippen molar-refractivity contribution in [1.29, 1.82) is 5.26 Å². The summed E-state index contributed by atoms with van der Waals surface area (Å²) in [5, 5.41) is 8.58. The molecular formula is C9H5ClFNO. The van der Waals surface area contributed by atoms with Crippen molar-refractivity contribution in [2.75, 3.05) is 0 Å². The minimum Gasteiger partial charge on any atom is -0.303 e. The van der Waals surface area contributed by atoms with Crippen LogP contribution in [-0.4, -0.2) is 6.29 Å². The Morgan fingerprint density at radius 2 is 2.31 bits per heavy atom. The summed E-state index contributed by atoms with van der Waals surface area (Å²) in [5.74, 6) is -0.559. The fraction of sp³-hybridized carbons (Fsp3) is 0.111. The van der Waals surface area contributed by atoms with E-state index in [0.29, 0.717) is 6.29 Å². The van der Waals surface area contributed by atoms with E-state index in [1.807, 2.05) is 0 Å². The summed E-state index contributed by atoms with van der Waals surface area (Å²) in [5.41, 5.74) is 0.260. The number of aldehydes is 1. The third-order valence-corrected chi connectivity index (χ3v) is 2.03. The Labute approximate surface area is 79.5 Å². The largest absolute Gasteiger partial charge is 0.303 e. The maximum absolute atomic E-state index is 13.0. The number of rotatable bonds is 2. The first kappa shape index (κ1) is 9.69. The molecule has 0 heterocycles. The number of nitriles is 1. The van der Waals surface area contributed by atoms with Crippen LogP contribution in [0.1, 0.15) is 11.1 Å². The second-order valence-corrected chi connectivity index (χ2v) is 2.75. The molecule has 0 amide bonds. The molecule has 0 radical (unpaired) electrons. The average molecular weight is 198 g/mol. The van der Waals surface area contributed by atoms with Crippen LogP contribution in [0.15, 0.2) is 12.1 Å². The number of hydrogen-bond acceptors (Lipinski definition) is 2. The Bertz CT molecular complexity index is 384. The molecule has 0 unspecified atom stereocenters. The molecule has 0 aliphatic heterocycles. The summed E-state index contributed by atoms with van der Waals surface area (Å²) in [6, 6.07) is 4.22. The molecule has 0 spiro atoms. The van der Waals surface area contributed by atoms with Crippen molar-refractivity contribution in [2.45, 2.75) is 6.42 Å². The molecule has 0 aliphatic carbocycles. The van der Waals surface area contributed by atoms with Crippen LogP contribution in [0.5, 0.6) is 0 Å². The molecule has 4 heteroatoms. The summed E-state index contributed by atoms with van der Waals surface area (Å²) in [6.45, 7) is 0. The lowest BCUT2D eigenvalue weighted by Gasteiger charge is -2.02. The van der Waals surface area contributed by atoms with Gasteiger partial charge in [0.2, 0.25) is 0 Å². The Balaban J connectivity index is 3.31. The molecule has 2 nitrogen and oxygen atoms in total. The highest BCUT2D eigenvalue weighted by Gasteiger charge is 2.10. The van der Waals surface area contributed by atoms with Crippen LogP contribution in [0.4, 0.5) is 4.39 Å². The first-order valence-corrected chi connectivity index (χ1v) is 3.89. The standard InChI is InChI=1S/C9H5ClFNO/c10-9-6(5-12)1-2-8(11)7(9)3-4-13/h1-2,4H,3H2. The first-order valence-electron chi connectivity index (χ1n) is 3.51. The van der Waals surface area contributed by atoms with Crippen molar-refractivity contribution < 1.29 is 9.18 Å². The lowest BCUT2D eigenvalue weighted by Crippen LogP contribution is -1.95. The quantitative estimate of drug-likeness (QED) is 0.682. The Morgan fingerprint density at radius 1 is 1.62 bits per heavy atom. The molecule has 1 aromatic carbocycles. The predicted octanol–water partition coefficient (Wildman–Crippen LogP) is 2.09. The third kappa shape index (κ3) is 1.85. The van der Waals surface area contributed by atoms with E-state index in [1.54, 1.807) is 6.07 Å². The van der Waals surface area contributed by atoms with Crippen LogP contribution in [0.25, 0.3) is 0 Å². The van der Waals surface area contributed by atoms with Gasteiger partial charge in [-0.3, -0.25) is 0 Å². The van der Waals surface area contributed by atoms with Crippen LogP contribution >= 0.6 is 11.6 Å². The number of carbonyl (C=O) groups is 1. The molecular weight excluding hydrogens is 193 g/mol. The van der Waals surface area contributed by atoms with Gasteiger partial charge < -0.3 is 4.79 Å². The maximum Gasteiger partial charge on any atom is 0.128 e. The van der Waals surface area contributed by atoms with E-state index in [4.69, 9.17) is 16.9 Å². The van der Waals surface area contributed by atoms with Gasteiger partial charge in [-0.2, -0.15) is 5.26 Å². The van der Waals surface area contributed by atoms with Crippen LogP contribution in [-0.2, 0) is 11.2 Å². The summed E-state index contributed by atoms with van der Waals surface area (Å²) >= 11 is 5.67. The van der Waals surface area contributed by atoms with Gasteiger partial charge in [-0.15, -0.1) is 0 Å². The maximum atomic E-state index is 13.0. The van der Waals surface area contributed by atoms with Crippen molar-refractivity contribution >= 4 is 17.9 Å². The molecule has 0 atom stereocenters. The number of carbonyl (C=O) groups excluding carboxylic acids is 1. The molecule has 0 bridgehead atoms. The van der Waals surface area contributed by atoms with Gasteiger partial charge in [-0.1, -0.05) is 11.6 Å². The Morgan fingerprint density at radius 3 is 2.85 bits per heavy atom. The number of nitrogens with zero attached hydrogens (tertiary/aromatic N) is 1. The minimum absolute atomic E-state index is 0.0228. The Hall–Kier alpha value is -1.40. The molecule has 0 aromatic heterocycles. The predicted molar refractivity (Wildman–Crippen MR) is 45.9 cm³/mol. The molecule has 0 saturated carbocycles. The lowest BCUT2D eigenvalue weighted by atomic mass is 10.1. The van der Waals surface area contributed by atoms with Gasteiger partial charge in [-0.05, 0) is 12.1 Å². The number of halogens is 2. The van der Waals surface area contributed by atoms with Gasteiger partial charge in [0.1, 0.15) is 18.2 Å². The monoisotopic (exact) mass is 197 g/mol. The second-order valence-electron chi connectivity index (χ2n) is 2.37. The van der Waals surface area contributed by atoms with Gasteiger partial charge in [0.25, 0.3) is 0 Å². The molecule has 0 N–H and O–H groups in total. The van der Waals surface area contributed by atoms with Crippen LogP contribution < -0.4 is 0 Å². The Kier molecular flexibility index (Phi) is 2.99. The van der Waals surface area contributed by atoms with Gasteiger partial charge in [0.05, 0.1) is 10.6 Å². The summed E-state index contributed by atoms with van der Waals surface area (Å²) in [6.07, 6.45) is 0.436. The molecule has 0 saturated heterocycles. The SMILES string of the molecule is N#Cc1ccc(F)c(CC=O)c1Cl. The van der Waals surface area contributed by atoms with Crippen LogP contribution in [0, 0.1) is 17.1 Å². The van der Waals surface area contributed by atoms with E-state index >= 15 is 0 Å². The normalized spacial score (nSPS) is 9.31. The molecule has 0 fully saturated rings. The zero-order chi connectivity index (χ0) is 9.84. The van der Waals surface area contributed by atoms with Crippen molar-refractivity contribution in [3.05, 3.63) is 34.1 Å². The van der Waals surface area contributed by atoms with Crippen LogP contribution in [0.3, 0.4) is 0 Å². The van der Waals surface area contributed by atoms with Crippen molar-refractivity contribution in [2.24, 2.45) is 0 Å². The molecule has 1 rings (SSSR count). The van der Waals surface area contributed by atoms with Crippen molar-refractivity contribution in [3.8, 4) is 6.07 Å². The summed E-state index contributed by atoms with van der Waals surface area (Å²) < 4.78 is 13.0. The average Bonchev–Trinajstić information content (AvgIpc) is 2.12. The zero-order valence-corrected chi connectivity index (χ0v) is 7.31. The molecule has 1 aromatic rings. The van der Waals surface area contributed by atoms with Gasteiger partial charge in [-0.25, -0.2) is 4.39 Å². The lowest BCUT2D eigenvalue weighted by molar-refractivity contribution is -0.107. The van der Waals surface area contributed by atoms with Gasteiger partial charge >= 0.3 is 0 Å². The van der Waals surface area contributed by atoms with E-state index in [-0.39, 0.29) is 22.6 Å². The highest BCUT2D eigenvalue weighted by molar-refractivity contribution is 6.32. The van der Waals surface area contributed by atoms with Gasteiger partial charge in [0.15, 0.2) is 0 Å². The number of hydrogen-bond donors (Lipinski definition) is 0. The minimum atomic E-state index is -0.559. The second kappa shape index (κ2) is 4.01. The summed E-state index contributed by atoms with van der Waals surface area (Å²) in [7, 11) is 0. The first-order chi connectivity index (χ1) is 6.20. The van der Waals surface area contributed by atoms with E-state index in [1.165, 1.54) is 6.07 Å². The fourth-order valence-electron chi connectivity index (χ4n) is 0.954. The molecule has 13 heavy (non-hydrogen) atoms. The molecule has 0 aliphatic rings. The highest BCUT2D eigenvalue weighted by atomic mass is 35.5. The zero-order valence-electron chi connectivity index (χ0n) is 6.55. The third-order valence-electron chi connectivity index (χ3n) is 1.59. The molecule has 66 valence electrons.